The molecule has 2 heterocycles. The fourth-order valence-corrected chi connectivity index (χ4v) is 2.29. The van der Waals surface area contributed by atoms with Crippen molar-refractivity contribution >= 4 is 34.9 Å². The minimum absolute atomic E-state index is 0.000422. The highest BCUT2D eigenvalue weighted by Crippen LogP contribution is 2.30. The van der Waals surface area contributed by atoms with E-state index in [1.165, 1.54) is 26.6 Å². The van der Waals surface area contributed by atoms with Crippen LogP contribution in [0.1, 0.15) is 11.3 Å². The molecule has 2 aromatic heterocycles. The average molecular weight is 366 g/mol. The number of allylic oxidation sites excluding steroid dienone is 1. The standard InChI is InChI=1S/C16H13Cl2N3O3/c1-22-9-24-16-15(23-2)4-3-14(21-16)10(6-19)5-11-12(17)7-20-8-13(11)18/h3-5,7-8H,9H2,1-2H3. The minimum Gasteiger partial charge on any atom is -0.491 e. The van der Waals surface area contributed by atoms with Gasteiger partial charge in [-0.25, -0.2) is 4.98 Å². The number of nitriles is 1. The van der Waals surface area contributed by atoms with Crippen molar-refractivity contribution in [3.63, 3.8) is 0 Å². The molecule has 0 aliphatic carbocycles. The highest BCUT2D eigenvalue weighted by Gasteiger charge is 2.12. The lowest BCUT2D eigenvalue weighted by Gasteiger charge is -2.10. The van der Waals surface area contributed by atoms with Gasteiger partial charge in [-0.2, -0.15) is 5.26 Å². The van der Waals surface area contributed by atoms with E-state index in [1.807, 2.05) is 0 Å². The predicted octanol–water partition coefficient (Wildman–Crippen LogP) is 3.84. The van der Waals surface area contributed by atoms with Gasteiger partial charge in [0.15, 0.2) is 12.5 Å². The SMILES string of the molecule is COCOc1nc(C(C#N)=Cc2c(Cl)cncc2Cl)ccc1OC. The second-order valence-electron chi connectivity index (χ2n) is 4.44. The molecule has 8 heteroatoms. The Morgan fingerprint density at radius 1 is 1.25 bits per heavy atom. The maximum absolute atomic E-state index is 9.46. The van der Waals surface area contributed by atoms with E-state index in [-0.39, 0.29) is 18.2 Å². The number of halogens is 2. The van der Waals surface area contributed by atoms with Crippen LogP contribution in [0.2, 0.25) is 10.0 Å². The summed E-state index contributed by atoms with van der Waals surface area (Å²) in [6.07, 6.45) is 4.44. The number of aromatic nitrogens is 2. The van der Waals surface area contributed by atoms with Crippen LogP contribution in [0.4, 0.5) is 0 Å². The number of methoxy groups -OCH3 is 2. The molecule has 6 nitrogen and oxygen atoms in total. The van der Waals surface area contributed by atoms with Crippen molar-refractivity contribution in [1.29, 1.82) is 5.26 Å². The zero-order valence-corrected chi connectivity index (χ0v) is 14.4. The fraction of sp³-hybridized carbons (Fsp3) is 0.188. The molecule has 0 saturated heterocycles. The Labute approximate surface area is 149 Å². The number of hydrogen-bond donors (Lipinski definition) is 0. The summed E-state index contributed by atoms with van der Waals surface area (Å²) in [5.74, 6) is 0.637. The van der Waals surface area contributed by atoms with Crippen LogP contribution in [0.5, 0.6) is 11.6 Å². The van der Waals surface area contributed by atoms with Crippen LogP contribution in [0.15, 0.2) is 24.5 Å². The lowest BCUT2D eigenvalue weighted by molar-refractivity contribution is 0.0457. The molecule has 0 aliphatic rings. The Hall–Kier alpha value is -2.33. The summed E-state index contributed by atoms with van der Waals surface area (Å²) in [5.41, 5.74) is 1.13. The van der Waals surface area contributed by atoms with Crippen LogP contribution in [0.3, 0.4) is 0 Å². The van der Waals surface area contributed by atoms with Gasteiger partial charge in [-0.05, 0) is 18.2 Å². The third-order valence-corrected chi connectivity index (χ3v) is 3.54. The minimum atomic E-state index is 0.000422. The van der Waals surface area contributed by atoms with Crippen molar-refractivity contribution in [3.8, 4) is 17.7 Å². The molecule has 24 heavy (non-hydrogen) atoms. The molecule has 0 aliphatic heterocycles. The Balaban J connectivity index is 2.48. The number of nitrogens with zero attached hydrogens (tertiary/aromatic N) is 3. The molecule has 0 unspecified atom stereocenters. The molecular weight excluding hydrogens is 353 g/mol. The first-order chi connectivity index (χ1) is 11.6. The number of rotatable bonds is 6. The van der Waals surface area contributed by atoms with E-state index < -0.39 is 0 Å². The Morgan fingerprint density at radius 3 is 2.54 bits per heavy atom. The van der Waals surface area contributed by atoms with Gasteiger partial charge in [0, 0.05) is 25.1 Å². The van der Waals surface area contributed by atoms with E-state index in [0.29, 0.717) is 27.1 Å². The zero-order valence-electron chi connectivity index (χ0n) is 12.9. The third kappa shape index (κ3) is 4.15. The molecule has 0 amide bonds. The maximum atomic E-state index is 9.46. The summed E-state index contributed by atoms with van der Waals surface area (Å²) in [6.45, 7) is 0.000422. The number of ether oxygens (including phenoxy) is 3. The second kappa shape index (κ2) is 8.50. The molecule has 0 radical (unpaired) electrons. The van der Waals surface area contributed by atoms with Gasteiger partial charge in [0.2, 0.25) is 0 Å². The predicted molar refractivity (Wildman–Crippen MR) is 91.0 cm³/mol. The van der Waals surface area contributed by atoms with Crippen molar-refractivity contribution < 1.29 is 14.2 Å². The molecule has 0 fully saturated rings. The van der Waals surface area contributed by atoms with Gasteiger partial charge >= 0.3 is 0 Å². The molecule has 0 bridgehead atoms. The van der Waals surface area contributed by atoms with Gasteiger partial charge < -0.3 is 14.2 Å². The van der Waals surface area contributed by atoms with E-state index in [4.69, 9.17) is 37.4 Å². The van der Waals surface area contributed by atoms with Crippen molar-refractivity contribution in [3.05, 3.63) is 45.8 Å². The molecule has 0 N–H and O–H groups in total. The van der Waals surface area contributed by atoms with Crippen LogP contribution in [0, 0.1) is 11.3 Å². The fourth-order valence-electron chi connectivity index (χ4n) is 1.82. The highest BCUT2D eigenvalue weighted by atomic mass is 35.5. The third-order valence-electron chi connectivity index (χ3n) is 2.93. The van der Waals surface area contributed by atoms with Gasteiger partial charge in [0.25, 0.3) is 5.88 Å². The first-order valence-corrected chi connectivity index (χ1v) is 7.44. The van der Waals surface area contributed by atoms with E-state index in [2.05, 4.69) is 16.0 Å². The van der Waals surface area contributed by atoms with Crippen LogP contribution in [0.25, 0.3) is 11.6 Å². The summed E-state index contributed by atoms with van der Waals surface area (Å²) in [6, 6.07) is 5.36. The van der Waals surface area contributed by atoms with Crippen LogP contribution >= 0.6 is 23.2 Å². The molecule has 0 saturated carbocycles. The van der Waals surface area contributed by atoms with Crippen LogP contribution < -0.4 is 9.47 Å². The first kappa shape index (κ1) is 18.0. The van der Waals surface area contributed by atoms with Gasteiger partial charge in [-0.3, -0.25) is 4.98 Å². The highest BCUT2D eigenvalue weighted by molar-refractivity contribution is 6.37. The summed E-state index contributed by atoms with van der Waals surface area (Å²) in [4.78, 5) is 8.17. The smallest absolute Gasteiger partial charge is 0.259 e. The normalized spacial score (nSPS) is 11.0. The molecule has 0 spiro atoms. The molecule has 124 valence electrons. The van der Waals surface area contributed by atoms with Gasteiger partial charge in [-0.1, -0.05) is 23.2 Å². The molecule has 0 aromatic carbocycles. The summed E-state index contributed by atoms with van der Waals surface area (Å²) in [7, 11) is 2.98. The van der Waals surface area contributed by atoms with E-state index in [0.717, 1.165) is 0 Å². The zero-order chi connectivity index (χ0) is 17.5. The van der Waals surface area contributed by atoms with Crippen LogP contribution in [-0.4, -0.2) is 31.0 Å². The molecular formula is C16H13Cl2N3O3. The largest absolute Gasteiger partial charge is 0.491 e. The average Bonchev–Trinajstić information content (AvgIpc) is 2.59. The lowest BCUT2D eigenvalue weighted by Crippen LogP contribution is -2.04. The van der Waals surface area contributed by atoms with Crippen molar-refractivity contribution in [1.82, 2.24) is 9.97 Å². The first-order valence-electron chi connectivity index (χ1n) is 6.68. The Kier molecular flexibility index (Phi) is 6.38. The molecule has 0 atom stereocenters. The Bertz CT molecular complexity index is 783. The maximum Gasteiger partial charge on any atom is 0.259 e. The topological polar surface area (TPSA) is 77.3 Å². The Morgan fingerprint density at radius 2 is 1.96 bits per heavy atom. The van der Waals surface area contributed by atoms with Gasteiger partial charge in [-0.15, -0.1) is 0 Å². The summed E-state index contributed by atoms with van der Waals surface area (Å²) >= 11 is 12.2. The van der Waals surface area contributed by atoms with Crippen LogP contribution in [-0.2, 0) is 4.74 Å². The summed E-state index contributed by atoms with van der Waals surface area (Å²) < 4.78 is 15.4. The number of hydrogen-bond acceptors (Lipinski definition) is 6. The quantitative estimate of drug-likeness (QED) is 0.571. The summed E-state index contributed by atoms with van der Waals surface area (Å²) in [5, 5.41) is 10.1. The van der Waals surface area contributed by atoms with Gasteiger partial charge in [0.1, 0.15) is 6.07 Å². The van der Waals surface area contributed by atoms with Crippen molar-refractivity contribution in [2.75, 3.05) is 21.0 Å². The molecule has 2 aromatic rings. The second-order valence-corrected chi connectivity index (χ2v) is 5.26. The van der Waals surface area contributed by atoms with Gasteiger partial charge in [0.05, 0.1) is 28.4 Å². The van der Waals surface area contributed by atoms with E-state index >= 15 is 0 Å². The van der Waals surface area contributed by atoms with E-state index in [1.54, 1.807) is 18.2 Å². The van der Waals surface area contributed by atoms with E-state index in [9.17, 15) is 5.26 Å². The number of pyridine rings is 2. The van der Waals surface area contributed by atoms with Crippen molar-refractivity contribution in [2.24, 2.45) is 0 Å². The monoisotopic (exact) mass is 365 g/mol. The lowest BCUT2D eigenvalue weighted by atomic mass is 10.1. The molecule has 2 rings (SSSR count). The van der Waals surface area contributed by atoms with Crippen molar-refractivity contribution in [2.45, 2.75) is 0 Å².